The Morgan fingerprint density at radius 1 is 1.11 bits per heavy atom. The number of thioether (sulfide) groups is 1. The van der Waals surface area contributed by atoms with Crippen LogP contribution >= 0.6 is 11.8 Å². The van der Waals surface area contributed by atoms with Gasteiger partial charge in [-0.05, 0) is 43.7 Å². The number of anilines is 3. The topological polar surface area (TPSA) is 269 Å². The Hall–Kier alpha value is -4.14. The van der Waals surface area contributed by atoms with Crippen LogP contribution in [0.2, 0.25) is 0 Å². The van der Waals surface area contributed by atoms with Crippen molar-refractivity contribution in [3.8, 4) is 5.75 Å². The summed E-state index contributed by atoms with van der Waals surface area (Å²) in [5, 5.41) is 35.8. The van der Waals surface area contributed by atoms with E-state index >= 15 is 0 Å². The summed E-state index contributed by atoms with van der Waals surface area (Å²) in [6.07, 6.45) is 1.04. The molecular formula is C27H27N8NaO9S2. The molecule has 3 heterocycles. The van der Waals surface area contributed by atoms with Crippen LogP contribution in [0, 0.1) is 0 Å². The average Bonchev–Trinajstić information content (AvgIpc) is 3.24. The maximum atomic E-state index is 13.4. The number of nitrogens with one attached hydrogen (secondary N) is 5. The number of nitrogens with zero attached hydrogens (tertiary/aromatic N) is 2. The molecule has 0 spiro atoms. The Morgan fingerprint density at radius 2 is 1.74 bits per heavy atom. The third-order valence-corrected chi connectivity index (χ3v) is 9.72. The molecular weight excluding hydrogens is 667 g/mol. The number of sulfonamides is 1. The molecule has 0 saturated carbocycles. The molecule has 4 amide bonds. The number of β-lactam (4-membered cyclic amide) rings is 1. The van der Waals surface area contributed by atoms with Crippen LogP contribution in [0.1, 0.15) is 25.5 Å². The molecule has 20 heteroatoms. The summed E-state index contributed by atoms with van der Waals surface area (Å²) in [5.41, 5.74) is -0.507. The van der Waals surface area contributed by atoms with Gasteiger partial charge in [-0.15, -0.1) is 17.5 Å². The number of benzene rings is 2. The summed E-state index contributed by atoms with van der Waals surface area (Å²) in [5.74, 6) is -2.96. The molecule has 2 aromatic carbocycles. The van der Waals surface area contributed by atoms with Crippen molar-refractivity contribution in [2.75, 3.05) is 10.6 Å². The second-order valence-electron chi connectivity index (χ2n) is 10.9. The Kier molecular flexibility index (Phi) is 10.3. The smallest absolute Gasteiger partial charge is 0.872 e. The Morgan fingerprint density at radius 3 is 2.32 bits per heavy atom. The van der Waals surface area contributed by atoms with Gasteiger partial charge in [-0.3, -0.25) is 19.4 Å². The van der Waals surface area contributed by atoms with Crippen molar-refractivity contribution in [2.45, 2.75) is 47.0 Å². The van der Waals surface area contributed by atoms with Gasteiger partial charge in [-0.25, -0.2) is 28.1 Å². The number of carboxylic acids is 1. The molecule has 2 aliphatic heterocycles. The number of aromatic amines is 1. The number of amides is 4. The minimum Gasteiger partial charge on any atom is -0.872 e. The quantitative estimate of drug-likeness (QED) is 0.0859. The molecule has 0 radical (unpaired) electrons. The van der Waals surface area contributed by atoms with Gasteiger partial charge in [0.1, 0.15) is 29.2 Å². The molecule has 2 fully saturated rings. The van der Waals surface area contributed by atoms with Gasteiger partial charge < -0.3 is 36.4 Å². The number of H-pyrrole nitrogens is 1. The average molecular weight is 695 g/mol. The molecule has 0 aliphatic carbocycles. The molecule has 242 valence electrons. The van der Waals surface area contributed by atoms with E-state index in [0.717, 1.165) is 6.20 Å². The largest absolute Gasteiger partial charge is 1.00 e. The number of primary sulfonamides is 1. The van der Waals surface area contributed by atoms with Crippen molar-refractivity contribution in [1.29, 1.82) is 0 Å². The molecule has 8 N–H and O–H groups in total. The van der Waals surface area contributed by atoms with E-state index in [1.807, 2.05) is 0 Å². The third-order valence-electron chi connectivity index (χ3n) is 7.22. The molecule has 1 unspecified atom stereocenters. The van der Waals surface area contributed by atoms with E-state index in [1.165, 1.54) is 65.2 Å². The summed E-state index contributed by atoms with van der Waals surface area (Å²) >= 11 is 1.23. The van der Waals surface area contributed by atoms with Gasteiger partial charge in [0.25, 0.3) is 5.56 Å². The predicted octanol–water partition coefficient (Wildman–Crippen LogP) is -3.27. The second kappa shape index (κ2) is 13.5. The van der Waals surface area contributed by atoms with E-state index in [4.69, 9.17) is 5.14 Å². The van der Waals surface area contributed by atoms with Gasteiger partial charge in [0.05, 0.1) is 11.1 Å². The molecule has 5 rings (SSSR count). The molecule has 0 bridgehead atoms. The third kappa shape index (κ3) is 7.55. The van der Waals surface area contributed by atoms with E-state index in [1.54, 1.807) is 13.8 Å². The zero-order valence-corrected chi connectivity index (χ0v) is 28.6. The van der Waals surface area contributed by atoms with Crippen LogP contribution < -0.4 is 66.6 Å². The van der Waals surface area contributed by atoms with Crippen LogP contribution in [-0.2, 0) is 24.4 Å². The summed E-state index contributed by atoms with van der Waals surface area (Å²) < 4.78 is 22.0. The maximum absolute atomic E-state index is 13.4. The zero-order chi connectivity index (χ0) is 33.6. The van der Waals surface area contributed by atoms with Crippen molar-refractivity contribution >= 4 is 62.9 Å². The van der Waals surface area contributed by atoms with Gasteiger partial charge >= 0.3 is 41.6 Å². The van der Waals surface area contributed by atoms with Crippen LogP contribution in [0.4, 0.5) is 22.1 Å². The number of urea groups is 1. The van der Waals surface area contributed by atoms with E-state index in [0.29, 0.717) is 5.69 Å². The van der Waals surface area contributed by atoms with E-state index < -0.39 is 67.6 Å². The number of aliphatic carboxylic acids is 1. The van der Waals surface area contributed by atoms with E-state index in [2.05, 4.69) is 31.2 Å². The first-order valence-electron chi connectivity index (χ1n) is 13.4. The van der Waals surface area contributed by atoms with Gasteiger partial charge in [-0.1, -0.05) is 24.3 Å². The minimum absolute atomic E-state index is 0. The number of carbonyl (C=O) groups excluding carboxylic acids is 3. The molecule has 2 aliphatic rings. The van der Waals surface area contributed by atoms with Crippen LogP contribution in [0.3, 0.4) is 0 Å². The first-order chi connectivity index (χ1) is 21.5. The van der Waals surface area contributed by atoms with Crippen LogP contribution in [0.15, 0.2) is 64.4 Å². The molecule has 4 atom stereocenters. The monoisotopic (exact) mass is 694 g/mol. The maximum Gasteiger partial charge on any atom is 1.00 e. The van der Waals surface area contributed by atoms with Gasteiger partial charge in [0, 0.05) is 10.4 Å². The Labute approximate surface area is 293 Å². The van der Waals surface area contributed by atoms with Crippen LogP contribution in [0.25, 0.3) is 0 Å². The van der Waals surface area contributed by atoms with Crippen LogP contribution in [-0.4, -0.2) is 74.4 Å². The molecule has 2 saturated heterocycles. The standard InChI is InChI=1S/C27H28N8O9S2.Na/c1-27(2)19(24(40)41)35-22(39)18(23(35)45-27)32-21(38)17(12-3-7-14(36)8-4-12)33-26(42)31-16-11-29-25(34-20(16)37)30-13-5-9-15(10-6-13)46(28,43)44;/h3-11,17-19,23,36H,1-2H3,(H,32,38)(H,40,41)(H2,28,43,44)(H2,31,33,42)(H2,29,30,34,37);/q;+1/p-1/t17?,18-,19+,23-;/m1./s1. The fourth-order valence-corrected chi connectivity index (χ4v) is 7.18. The van der Waals surface area contributed by atoms with Crippen molar-refractivity contribution in [3.05, 3.63) is 70.6 Å². The second-order valence-corrected chi connectivity index (χ2v) is 14.2. The number of rotatable bonds is 9. The van der Waals surface area contributed by atoms with E-state index in [9.17, 15) is 42.6 Å². The fraction of sp³-hybridized carbons (Fsp3) is 0.259. The van der Waals surface area contributed by atoms with Crippen molar-refractivity contribution in [2.24, 2.45) is 5.14 Å². The molecule has 3 aromatic rings. The normalized spacial score (nSPS) is 20.1. The molecule has 1 aromatic heterocycles. The summed E-state index contributed by atoms with van der Waals surface area (Å²) in [4.78, 5) is 71.3. The Balaban J connectivity index is 0.00000500. The summed E-state index contributed by atoms with van der Waals surface area (Å²) in [7, 11) is -3.89. The fourth-order valence-electron chi connectivity index (χ4n) is 5.04. The number of carboxylic acid groups (broad SMARTS) is 1. The number of hydrogen-bond donors (Lipinski definition) is 7. The first kappa shape index (κ1) is 35.7. The number of hydrogen-bond acceptors (Lipinski definition) is 11. The zero-order valence-electron chi connectivity index (χ0n) is 25.0. The molecule has 47 heavy (non-hydrogen) atoms. The number of carbonyl (C=O) groups is 4. The van der Waals surface area contributed by atoms with Gasteiger partial charge in [-0.2, -0.15) is 0 Å². The van der Waals surface area contributed by atoms with E-state index in [-0.39, 0.29) is 57.4 Å². The molecule has 17 nitrogen and oxygen atoms in total. The number of nitrogens with two attached hydrogens (primary N) is 1. The van der Waals surface area contributed by atoms with Gasteiger partial charge in [0.2, 0.25) is 27.8 Å². The van der Waals surface area contributed by atoms with Crippen molar-refractivity contribution in [3.63, 3.8) is 0 Å². The predicted molar refractivity (Wildman–Crippen MR) is 162 cm³/mol. The van der Waals surface area contributed by atoms with Crippen molar-refractivity contribution in [1.82, 2.24) is 25.5 Å². The summed E-state index contributed by atoms with van der Waals surface area (Å²) in [6, 6.07) is 5.74. The SMILES string of the molecule is CC1(C)S[C@@H]2[C@H](NC(=O)C(NC(=O)Nc3cnc(Nc4ccc(S(N)(=O)=O)cc4)[nH]c3=O)c3ccc([O-])cc3)C(=O)N2[C@H]1C(=O)O.[Na+]. The minimum atomic E-state index is -3.89. The Bertz CT molecular complexity index is 1890. The summed E-state index contributed by atoms with van der Waals surface area (Å²) in [6.45, 7) is 3.38. The van der Waals surface area contributed by atoms with Gasteiger partial charge in [0.15, 0.2) is 0 Å². The van der Waals surface area contributed by atoms with Crippen LogP contribution in [0.5, 0.6) is 5.75 Å². The van der Waals surface area contributed by atoms with Crippen molar-refractivity contribution < 1.29 is 67.4 Å². The number of fused-ring (bicyclic) bond motifs is 1. The first-order valence-corrected chi connectivity index (χ1v) is 15.8. The number of aromatic nitrogens is 2.